The normalized spacial score (nSPS) is 11.7. The van der Waals surface area contributed by atoms with Crippen molar-refractivity contribution in [3.63, 3.8) is 0 Å². The van der Waals surface area contributed by atoms with Gasteiger partial charge >= 0.3 is 0 Å². The summed E-state index contributed by atoms with van der Waals surface area (Å²) in [5.74, 6) is -1.50. The first kappa shape index (κ1) is 12.4. The summed E-state index contributed by atoms with van der Waals surface area (Å²) in [7, 11) is 1.32. The van der Waals surface area contributed by atoms with E-state index in [0.29, 0.717) is 5.56 Å². The molecule has 0 saturated carbocycles. The minimum Gasteiger partial charge on any atom is -0.493 e. The minimum atomic E-state index is -0.867. The molecule has 0 aliphatic carbocycles. The molecular weight excluding hydrogens is 268 g/mol. The van der Waals surface area contributed by atoms with Gasteiger partial charge in [0, 0.05) is 11.1 Å². The SMILES string of the molecule is COc1c(C(C)(C)N)cc(F)c(Br)c1F. The zero-order valence-corrected chi connectivity index (χ0v) is 10.3. The molecule has 15 heavy (non-hydrogen) atoms. The van der Waals surface area contributed by atoms with Crippen molar-refractivity contribution in [1.82, 2.24) is 0 Å². The molecule has 0 aliphatic rings. The van der Waals surface area contributed by atoms with Crippen LogP contribution < -0.4 is 10.5 Å². The van der Waals surface area contributed by atoms with Crippen LogP contribution in [0.4, 0.5) is 8.78 Å². The van der Waals surface area contributed by atoms with Crippen molar-refractivity contribution >= 4 is 15.9 Å². The lowest BCUT2D eigenvalue weighted by Gasteiger charge is -2.22. The van der Waals surface area contributed by atoms with Crippen LogP contribution in [0.15, 0.2) is 10.5 Å². The zero-order valence-electron chi connectivity index (χ0n) is 8.70. The van der Waals surface area contributed by atoms with Gasteiger partial charge in [-0.15, -0.1) is 0 Å². The predicted molar refractivity (Wildman–Crippen MR) is 57.8 cm³/mol. The van der Waals surface area contributed by atoms with Gasteiger partial charge in [-0.25, -0.2) is 8.78 Å². The van der Waals surface area contributed by atoms with Crippen LogP contribution in [0.1, 0.15) is 19.4 Å². The molecule has 0 amide bonds. The van der Waals surface area contributed by atoms with Crippen LogP contribution in [0.2, 0.25) is 0 Å². The molecule has 0 heterocycles. The van der Waals surface area contributed by atoms with Crippen molar-refractivity contribution in [3.05, 3.63) is 27.7 Å². The standard InChI is InChI=1S/C10H12BrF2NO/c1-10(2,14)5-4-6(12)7(11)8(13)9(5)15-3/h4H,14H2,1-3H3. The Labute approximate surface area is 95.5 Å². The third-order valence-electron chi connectivity index (χ3n) is 2.02. The number of benzene rings is 1. The van der Waals surface area contributed by atoms with Crippen LogP contribution in [0.25, 0.3) is 0 Å². The summed E-state index contributed by atoms with van der Waals surface area (Å²) in [6.07, 6.45) is 0. The van der Waals surface area contributed by atoms with E-state index in [0.717, 1.165) is 0 Å². The van der Waals surface area contributed by atoms with Crippen LogP contribution in [0.5, 0.6) is 5.75 Å². The van der Waals surface area contributed by atoms with Crippen LogP contribution in [-0.2, 0) is 5.54 Å². The Morgan fingerprint density at radius 2 is 1.93 bits per heavy atom. The van der Waals surface area contributed by atoms with Crippen molar-refractivity contribution in [2.24, 2.45) is 5.73 Å². The highest BCUT2D eigenvalue weighted by Gasteiger charge is 2.25. The van der Waals surface area contributed by atoms with Gasteiger partial charge in [-0.2, -0.15) is 0 Å². The topological polar surface area (TPSA) is 35.2 Å². The highest BCUT2D eigenvalue weighted by Crippen LogP contribution is 2.36. The second kappa shape index (κ2) is 4.06. The van der Waals surface area contributed by atoms with Gasteiger partial charge in [0.25, 0.3) is 0 Å². The third kappa shape index (κ3) is 2.29. The molecule has 0 aliphatic heterocycles. The monoisotopic (exact) mass is 279 g/mol. The van der Waals surface area contributed by atoms with E-state index in [4.69, 9.17) is 10.5 Å². The van der Waals surface area contributed by atoms with Crippen LogP contribution in [0, 0.1) is 11.6 Å². The first-order valence-electron chi connectivity index (χ1n) is 4.30. The number of ether oxygens (including phenoxy) is 1. The maximum absolute atomic E-state index is 13.6. The molecule has 0 atom stereocenters. The van der Waals surface area contributed by atoms with Crippen molar-refractivity contribution in [2.75, 3.05) is 7.11 Å². The molecule has 0 spiro atoms. The fourth-order valence-electron chi connectivity index (χ4n) is 1.26. The summed E-state index contributed by atoms with van der Waals surface area (Å²) in [6, 6.07) is 1.17. The van der Waals surface area contributed by atoms with Crippen LogP contribution in [-0.4, -0.2) is 7.11 Å². The Bertz CT molecular complexity index is 388. The summed E-state index contributed by atoms with van der Waals surface area (Å²) in [6.45, 7) is 3.30. The Morgan fingerprint density at radius 1 is 1.40 bits per heavy atom. The van der Waals surface area contributed by atoms with Crippen LogP contribution in [0.3, 0.4) is 0 Å². The van der Waals surface area contributed by atoms with Gasteiger partial charge in [-0.05, 0) is 35.8 Å². The molecule has 0 fully saturated rings. The lowest BCUT2D eigenvalue weighted by Crippen LogP contribution is -2.29. The van der Waals surface area contributed by atoms with Crippen molar-refractivity contribution in [2.45, 2.75) is 19.4 Å². The largest absolute Gasteiger partial charge is 0.493 e. The molecule has 5 heteroatoms. The van der Waals surface area contributed by atoms with E-state index in [2.05, 4.69) is 15.9 Å². The quantitative estimate of drug-likeness (QED) is 0.845. The van der Waals surface area contributed by atoms with Gasteiger partial charge in [-0.3, -0.25) is 0 Å². The van der Waals surface area contributed by atoms with E-state index in [9.17, 15) is 8.78 Å². The first-order chi connectivity index (χ1) is 6.79. The highest BCUT2D eigenvalue weighted by atomic mass is 79.9. The van der Waals surface area contributed by atoms with Crippen molar-refractivity contribution in [1.29, 1.82) is 0 Å². The summed E-state index contributed by atoms with van der Waals surface area (Å²) in [4.78, 5) is 0. The molecule has 84 valence electrons. The molecular formula is C10H12BrF2NO. The number of hydrogen-bond acceptors (Lipinski definition) is 2. The summed E-state index contributed by atoms with van der Waals surface area (Å²) >= 11 is 2.80. The van der Waals surface area contributed by atoms with Crippen molar-refractivity contribution < 1.29 is 13.5 Å². The predicted octanol–water partition coefficient (Wildman–Crippen LogP) is 2.93. The van der Waals surface area contributed by atoms with E-state index in [1.807, 2.05) is 0 Å². The van der Waals surface area contributed by atoms with E-state index in [1.54, 1.807) is 13.8 Å². The molecule has 1 aromatic rings. The van der Waals surface area contributed by atoms with Gasteiger partial charge in [0.2, 0.25) is 0 Å². The van der Waals surface area contributed by atoms with Gasteiger partial charge in [0.15, 0.2) is 11.6 Å². The molecule has 0 saturated heterocycles. The second-order valence-corrected chi connectivity index (χ2v) is 4.58. The molecule has 0 aromatic heterocycles. The van der Waals surface area contributed by atoms with E-state index in [-0.39, 0.29) is 10.2 Å². The second-order valence-electron chi connectivity index (χ2n) is 3.79. The van der Waals surface area contributed by atoms with Crippen LogP contribution >= 0.6 is 15.9 Å². The molecule has 0 radical (unpaired) electrons. The van der Waals surface area contributed by atoms with Gasteiger partial charge in [0.1, 0.15) is 5.82 Å². The average molecular weight is 280 g/mol. The molecule has 1 rings (SSSR count). The summed E-state index contributed by atoms with van der Waals surface area (Å²) in [5.41, 5.74) is 5.22. The minimum absolute atomic E-state index is 0.0317. The van der Waals surface area contributed by atoms with E-state index >= 15 is 0 Å². The Hall–Kier alpha value is -0.680. The maximum Gasteiger partial charge on any atom is 0.182 e. The molecule has 1 aromatic carbocycles. The molecule has 0 unspecified atom stereocenters. The van der Waals surface area contributed by atoms with Gasteiger partial charge in [0.05, 0.1) is 11.6 Å². The summed E-state index contributed by atoms with van der Waals surface area (Å²) < 4.78 is 31.5. The van der Waals surface area contributed by atoms with E-state index < -0.39 is 17.2 Å². The lowest BCUT2D eigenvalue weighted by molar-refractivity contribution is 0.363. The van der Waals surface area contributed by atoms with E-state index in [1.165, 1.54) is 13.2 Å². The Morgan fingerprint density at radius 3 is 2.33 bits per heavy atom. The van der Waals surface area contributed by atoms with Gasteiger partial charge in [-0.1, -0.05) is 0 Å². The zero-order chi connectivity index (χ0) is 11.8. The Balaban J connectivity index is 3.53. The summed E-state index contributed by atoms with van der Waals surface area (Å²) in [5, 5.41) is 0. The van der Waals surface area contributed by atoms with Crippen molar-refractivity contribution in [3.8, 4) is 5.75 Å². The first-order valence-corrected chi connectivity index (χ1v) is 5.09. The third-order valence-corrected chi connectivity index (χ3v) is 2.74. The number of hydrogen-bond donors (Lipinski definition) is 1. The smallest absolute Gasteiger partial charge is 0.182 e. The lowest BCUT2D eigenvalue weighted by atomic mass is 9.94. The van der Waals surface area contributed by atoms with Gasteiger partial charge < -0.3 is 10.5 Å². The molecule has 0 bridgehead atoms. The number of rotatable bonds is 2. The maximum atomic E-state index is 13.6. The highest BCUT2D eigenvalue weighted by molar-refractivity contribution is 9.10. The number of nitrogens with two attached hydrogens (primary N) is 1. The fourth-order valence-corrected chi connectivity index (χ4v) is 1.55. The number of methoxy groups -OCH3 is 1. The fraction of sp³-hybridized carbons (Fsp3) is 0.400. The molecule has 2 nitrogen and oxygen atoms in total. The Kier molecular flexibility index (Phi) is 3.35. The molecule has 2 N–H and O–H groups in total. The average Bonchev–Trinajstić information content (AvgIpc) is 2.12. The number of halogens is 3.